The van der Waals surface area contributed by atoms with Crippen molar-refractivity contribution in [1.29, 1.82) is 0 Å². The van der Waals surface area contributed by atoms with Gasteiger partial charge in [0.15, 0.2) is 11.1 Å². The van der Waals surface area contributed by atoms with E-state index in [9.17, 15) is 14.7 Å². The Labute approximate surface area is 215 Å². The van der Waals surface area contributed by atoms with Crippen LogP contribution in [0, 0.1) is 20.8 Å². The summed E-state index contributed by atoms with van der Waals surface area (Å²) in [4.78, 5) is 33.6. The van der Waals surface area contributed by atoms with Gasteiger partial charge in [0.1, 0.15) is 16.5 Å². The van der Waals surface area contributed by atoms with Crippen LogP contribution in [0.3, 0.4) is 0 Å². The first-order valence-corrected chi connectivity index (χ1v) is 12.4. The summed E-state index contributed by atoms with van der Waals surface area (Å²) in [5, 5.41) is 14.3. The number of aromatic nitrogens is 2. The SMILES string of the molecule is Cc1cc([C@@H](C)Nc2ccc(Cl)nc2C(=O)O)c2oc(-c3ccc4nc(C)sc4c3)c(C)c(=O)c2c1. The summed E-state index contributed by atoms with van der Waals surface area (Å²) >= 11 is 7.49. The minimum absolute atomic E-state index is 0.0887. The molecule has 0 spiro atoms. The van der Waals surface area contributed by atoms with Gasteiger partial charge in [-0.05, 0) is 69.7 Å². The van der Waals surface area contributed by atoms with E-state index in [0.29, 0.717) is 28.0 Å². The molecule has 0 fully saturated rings. The number of thiazole rings is 1. The van der Waals surface area contributed by atoms with Gasteiger partial charge in [-0.3, -0.25) is 4.79 Å². The number of anilines is 1. The number of hydrogen-bond acceptors (Lipinski definition) is 7. The number of benzene rings is 2. The van der Waals surface area contributed by atoms with Crippen LogP contribution in [-0.2, 0) is 0 Å². The van der Waals surface area contributed by atoms with Crippen molar-refractivity contribution in [2.45, 2.75) is 33.7 Å². The third-order valence-corrected chi connectivity index (χ3v) is 7.20. The van der Waals surface area contributed by atoms with Gasteiger partial charge in [0.2, 0.25) is 0 Å². The van der Waals surface area contributed by atoms with Crippen LogP contribution in [0.2, 0.25) is 5.15 Å². The molecule has 3 aromatic heterocycles. The molecule has 7 nitrogen and oxygen atoms in total. The fourth-order valence-electron chi connectivity index (χ4n) is 4.37. The van der Waals surface area contributed by atoms with Crippen molar-refractivity contribution in [3.63, 3.8) is 0 Å². The standard InChI is InChI=1S/C27H22ClN3O4S/c1-12-9-17(14(3)29-20-7-8-22(28)31-23(20)27(33)34)26-18(10-12)24(32)13(2)25(35-26)16-5-6-19-21(11-16)36-15(4)30-19/h5-11,14,29H,1-4H3,(H,33,34)/t14-/m1/s1. The van der Waals surface area contributed by atoms with Crippen molar-refractivity contribution < 1.29 is 14.3 Å². The molecular formula is C27H22ClN3O4S. The number of rotatable bonds is 5. The van der Waals surface area contributed by atoms with E-state index in [1.54, 1.807) is 24.3 Å². The molecule has 0 radical (unpaired) electrons. The molecule has 5 rings (SSSR count). The minimum atomic E-state index is -1.19. The van der Waals surface area contributed by atoms with E-state index in [-0.39, 0.29) is 16.3 Å². The van der Waals surface area contributed by atoms with Crippen molar-refractivity contribution in [2.75, 3.05) is 5.32 Å². The fourth-order valence-corrected chi connectivity index (χ4v) is 5.39. The summed E-state index contributed by atoms with van der Waals surface area (Å²) in [5.74, 6) is -0.698. The Hall–Kier alpha value is -3.75. The number of nitrogens with one attached hydrogen (secondary N) is 1. The Kier molecular flexibility index (Phi) is 6.02. The zero-order chi connectivity index (χ0) is 25.7. The first-order chi connectivity index (χ1) is 17.1. The molecule has 3 heterocycles. The van der Waals surface area contributed by atoms with Crippen LogP contribution in [0.4, 0.5) is 5.69 Å². The number of halogens is 1. The first kappa shape index (κ1) is 24.0. The maximum absolute atomic E-state index is 13.5. The van der Waals surface area contributed by atoms with Gasteiger partial charge in [-0.25, -0.2) is 14.8 Å². The second kappa shape index (κ2) is 9.04. The minimum Gasteiger partial charge on any atom is -0.476 e. The Bertz CT molecular complexity index is 1740. The van der Waals surface area contributed by atoms with E-state index >= 15 is 0 Å². The lowest BCUT2D eigenvalue weighted by Crippen LogP contribution is -2.14. The number of fused-ring (bicyclic) bond motifs is 2. The molecule has 9 heteroatoms. The normalized spacial score (nSPS) is 12.2. The second-order valence-corrected chi connectivity index (χ2v) is 10.4. The van der Waals surface area contributed by atoms with Crippen LogP contribution in [0.5, 0.6) is 0 Å². The van der Waals surface area contributed by atoms with Gasteiger partial charge in [-0.2, -0.15) is 0 Å². The van der Waals surface area contributed by atoms with Crippen LogP contribution in [0.25, 0.3) is 32.5 Å². The molecule has 1 atom stereocenters. The summed E-state index contributed by atoms with van der Waals surface area (Å²) in [6.07, 6.45) is 0. The Morgan fingerprint density at radius 2 is 1.89 bits per heavy atom. The molecule has 0 amide bonds. The number of pyridine rings is 1. The fraction of sp³-hybridized carbons (Fsp3) is 0.185. The maximum atomic E-state index is 13.5. The van der Waals surface area contributed by atoms with Crippen LogP contribution in [0.1, 0.15) is 45.2 Å². The third kappa shape index (κ3) is 4.23. The summed E-state index contributed by atoms with van der Waals surface area (Å²) in [6, 6.07) is 12.3. The number of aromatic carboxylic acids is 1. The Balaban J connectivity index is 1.67. The topological polar surface area (TPSA) is 105 Å². The van der Waals surface area contributed by atoms with Crippen molar-refractivity contribution in [3.8, 4) is 11.3 Å². The number of carbonyl (C=O) groups is 1. The maximum Gasteiger partial charge on any atom is 0.356 e. The quantitative estimate of drug-likeness (QED) is 0.243. The van der Waals surface area contributed by atoms with Crippen molar-refractivity contribution >= 4 is 55.8 Å². The molecule has 0 aliphatic carbocycles. The van der Waals surface area contributed by atoms with Crippen molar-refractivity contribution in [3.05, 3.63) is 85.2 Å². The predicted octanol–water partition coefficient (Wildman–Crippen LogP) is 6.91. The molecule has 5 aromatic rings. The lowest BCUT2D eigenvalue weighted by Gasteiger charge is -2.19. The molecule has 182 valence electrons. The number of carboxylic acids is 1. The number of aryl methyl sites for hydroxylation is 2. The highest BCUT2D eigenvalue weighted by atomic mass is 35.5. The highest BCUT2D eigenvalue weighted by Crippen LogP contribution is 2.34. The van der Waals surface area contributed by atoms with Crippen molar-refractivity contribution in [2.24, 2.45) is 0 Å². The van der Waals surface area contributed by atoms with E-state index in [2.05, 4.69) is 15.3 Å². The molecule has 0 aliphatic rings. The van der Waals surface area contributed by atoms with E-state index in [1.807, 2.05) is 51.1 Å². The summed E-state index contributed by atoms with van der Waals surface area (Å²) in [5.41, 5.74) is 4.31. The summed E-state index contributed by atoms with van der Waals surface area (Å²) in [6.45, 7) is 7.51. The lowest BCUT2D eigenvalue weighted by molar-refractivity contribution is 0.0691. The van der Waals surface area contributed by atoms with Gasteiger partial charge < -0.3 is 14.8 Å². The van der Waals surface area contributed by atoms with Gasteiger partial charge in [0.05, 0.1) is 32.3 Å². The number of carboxylic acid groups (broad SMARTS) is 1. The Morgan fingerprint density at radius 3 is 2.64 bits per heavy atom. The Morgan fingerprint density at radius 1 is 1.11 bits per heavy atom. The molecule has 0 unspecified atom stereocenters. The number of nitrogens with zero attached hydrogens (tertiary/aromatic N) is 2. The molecule has 2 aromatic carbocycles. The second-order valence-electron chi connectivity index (χ2n) is 8.73. The molecule has 0 saturated heterocycles. The monoisotopic (exact) mass is 519 g/mol. The van der Waals surface area contributed by atoms with E-state index < -0.39 is 12.0 Å². The molecule has 0 saturated carbocycles. The zero-order valence-corrected chi connectivity index (χ0v) is 21.5. The molecule has 0 bridgehead atoms. The third-order valence-electron chi connectivity index (χ3n) is 6.05. The van der Waals surface area contributed by atoms with Crippen LogP contribution < -0.4 is 10.7 Å². The average Bonchev–Trinajstić information content (AvgIpc) is 3.21. The molecule has 0 aliphatic heterocycles. The highest BCUT2D eigenvalue weighted by Gasteiger charge is 2.21. The molecule has 36 heavy (non-hydrogen) atoms. The van der Waals surface area contributed by atoms with E-state index in [1.165, 1.54) is 6.07 Å². The largest absolute Gasteiger partial charge is 0.476 e. The highest BCUT2D eigenvalue weighted by molar-refractivity contribution is 7.18. The lowest BCUT2D eigenvalue weighted by atomic mass is 9.98. The average molecular weight is 520 g/mol. The molecular weight excluding hydrogens is 498 g/mol. The number of hydrogen-bond donors (Lipinski definition) is 2. The van der Waals surface area contributed by atoms with Gasteiger partial charge >= 0.3 is 5.97 Å². The van der Waals surface area contributed by atoms with Gasteiger partial charge in [-0.1, -0.05) is 17.7 Å². The summed E-state index contributed by atoms with van der Waals surface area (Å²) < 4.78 is 7.46. The molecule has 2 N–H and O–H groups in total. The smallest absolute Gasteiger partial charge is 0.356 e. The summed E-state index contributed by atoms with van der Waals surface area (Å²) in [7, 11) is 0. The van der Waals surface area contributed by atoms with E-state index in [4.69, 9.17) is 16.0 Å². The van der Waals surface area contributed by atoms with Gasteiger partial charge in [-0.15, -0.1) is 11.3 Å². The van der Waals surface area contributed by atoms with Gasteiger partial charge in [0.25, 0.3) is 0 Å². The van der Waals surface area contributed by atoms with Crippen LogP contribution in [-0.4, -0.2) is 21.0 Å². The van der Waals surface area contributed by atoms with Crippen molar-refractivity contribution in [1.82, 2.24) is 9.97 Å². The zero-order valence-electron chi connectivity index (χ0n) is 20.0. The predicted molar refractivity (Wildman–Crippen MR) is 144 cm³/mol. The van der Waals surface area contributed by atoms with Crippen LogP contribution >= 0.6 is 22.9 Å². The first-order valence-electron chi connectivity index (χ1n) is 11.2. The van der Waals surface area contributed by atoms with E-state index in [0.717, 1.165) is 31.9 Å². The van der Waals surface area contributed by atoms with Crippen LogP contribution in [0.15, 0.2) is 51.7 Å². The van der Waals surface area contributed by atoms with Gasteiger partial charge in [0, 0.05) is 16.7 Å².